The highest BCUT2D eigenvalue weighted by Gasteiger charge is 2.23. The third-order valence-corrected chi connectivity index (χ3v) is 1.93. The third kappa shape index (κ3) is 7.47. The molecule has 1 fully saturated rings. The number of benzene rings is 1. The number of hydrogen-bond donors (Lipinski definition) is 0. The molecule has 1 heterocycles. The number of para-hydroxylation sites is 2. The molecule has 0 amide bonds. The van der Waals surface area contributed by atoms with E-state index in [1.165, 1.54) is 6.92 Å². The fourth-order valence-electron chi connectivity index (χ4n) is 1.16. The lowest BCUT2D eigenvalue weighted by molar-refractivity contribution is -0.132. The van der Waals surface area contributed by atoms with Crippen LogP contribution in [0, 0.1) is 0 Å². The van der Waals surface area contributed by atoms with Crippen LogP contribution in [0.5, 0.6) is 11.5 Å². The van der Waals surface area contributed by atoms with Gasteiger partial charge in [-0.1, -0.05) is 39.8 Å². The molecule has 4 nitrogen and oxygen atoms in total. The van der Waals surface area contributed by atoms with Crippen LogP contribution < -0.4 is 9.47 Å². The summed E-state index contributed by atoms with van der Waals surface area (Å²) in [6.45, 7) is 10.6. The zero-order valence-electron chi connectivity index (χ0n) is 12.4. The van der Waals surface area contributed by atoms with Crippen LogP contribution in [0.3, 0.4) is 0 Å². The van der Waals surface area contributed by atoms with Crippen LogP contribution in [0.4, 0.5) is 0 Å². The molecule has 1 unspecified atom stereocenters. The Morgan fingerprint density at radius 3 is 2.21 bits per heavy atom. The zero-order chi connectivity index (χ0) is 14.7. The van der Waals surface area contributed by atoms with Gasteiger partial charge in [-0.2, -0.15) is 0 Å². The minimum Gasteiger partial charge on any atom is -0.487 e. The third-order valence-electron chi connectivity index (χ3n) is 1.93. The maximum atomic E-state index is 10.8. The first-order valence-corrected chi connectivity index (χ1v) is 6.77. The van der Waals surface area contributed by atoms with Crippen LogP contribution >= 0.6 is 0 Å². The molecule has 108 valence electrons. The van der Waals surface area contributed by atoms with Crippen molar-refractivity contribution in [3.63, 3.8) is 0 Å². The molecule has 0 bridgehead atoms. The topological polar surface area (TPSA) is 48.1 Å². The van der Waals surface area contributed by atoms with Crippen LogP contribution in [0.2, 0.25) is 0 Å². The summed E-state index contributed by atoms with van der Waals surface area (Å²) in [5.41, 5.74) is 0. The lowest BCUT2D eigenvalue weighted by atomic mass is 10.3. The summed E-state index contributed by atoms with van der Waals surface area (Å²) in [5.74, 6) is 0.669. The molecule has 1 aliphatic heterocycles. The Morgan fingerprint density at radius 2 is 1.74 bits per heavy atom. The van der Waals surface area contributed by atoms with Gasteiger partial charge < -0.3 is 14.2 Å². The maximum Gasteiger partial charge on any atom is 0.308 e. The van der Waals surface area contributed by atoms with Gasteiger partial charge in [0.25, 0.3) is 0 Å². The van der Waals surface area contributed by atoms with Crippen molar-refractivity contribution in [2.24, 2.45) is 0 Å². The van der Waals surface area contributed by atoms with Gasteiger partial charge in [-0.25, -0.2) is 0 Å². The quantitative estimate of drug-likeness (QED) is 0.477. The molecule has 1 aromatic carbocycles. The predicted octanol–water partition coefficient (Wildman–Crippen LogP) is 3.44. The van der Waals surface area contributed by atoms with Crippen LogP contribution in [-0.4, -0.2) is 25.3 Å². The van der Waals surface area contributed by atoms with Gasteiger partial charge in [0.1, 0.15) is 12.7 Å². The van der Waals surface area contributed by atoms with E-state index >= 15 is 0 Å². The molecule has 0 aromatic heterocycles. The molecule has 2 rings (SSSR count). The number of ether oxygens (including phenoxy) is 3. The number of rotatable bonds is 4. The number of carbonyl (C=O) groups excluding carboxylic acids is 1. The molecule has 1 saturated heterocycles. The van der Waals surface area contributed by atoms with Crippen molar-refractivity contribution < 1.29 is 19.0 Å². The van der Waals surface area contributed by atoms with E-state index in [1.54, 1.807) is 18.2 Å². The van der Waals surface area contributed by atoms with E-state index in [2.05, 4.69) is 0 Å². The highest BCUT2D eigenvalue weighted by atomic mass is 16.6. The Labute approximate surface area is 115 Å². The van der Waals surface area contributed by atoms with E-state index in [0.717, 1.165) is 6.61 Å². The van der Waals surface area contributed by atoms with Gasteiger partial charge in [-0.3, -0.25) is 4.79 Å². The van der Waals surface area contributed by atoms with Gasteiger partial charge in [-0.15, -0.1) is 0 Å². The van der Waals surface area contributed by atoms with Crippen molar-refractivity contribution >= 4 is 5.97 Å². The Morgan fingerprint density at radius 1 is 1.21 bits per heavy atom. The largest absolute Gasteiger partial charge is 0.487 e. The molecule has 4 heteroatoms. The van der Waals surface area contributed by atoms with Crippen molar-refractivity contribution in [2.75, 3.05) is 13.2 Å². The highest BCUT2D eigenvalue weighted by molar-refractivity contribution is 5.70. The molecule has 0 N–H and O–H groups in total. The van der Waals surface area contributed by atoms with E-state index in [1.807, 2.05) is 33.8 Å². The van der Waals surface area contributed by atoms with E-state index in [0.29, 0.717) is 18.1 Å². The minimum absolute atomic E-state index is 0.190. The molecule has 0 radical (unpaired) electrons. The first kappa shape index (κ1) is 17.4. The summed E-state index contributed by atoms with van der Waals surface area (Å²) >= 11 is 0. The number of esters is 1. The van der Waals surface area contributed by atoms with E-state index in [-0.39, 0.29) is 12.1 Å². The van der Waals surface area contributed by atoms with Gasteiger partial charge in [0.2, 0.25) is 0 Å². The fraction of sp³-hybridized carbons (Fsp3) is 0.533. The summed E-state index contributed by atoms with van der Waals surface area (Å²) in [4.78, 5) is 10.8. The average molecular weight is 268 g/mol. The summed E-state index contributed by atoms with van der Waals surface area (Å²) in [6.07, 6.45) is 0.190. The van der Waals surface area contributed by atoms with Crippen LogP contribution in [0.15, 0.2) is 24.3 Å². The molecule has 1 aliphatic rings. The average Bonchev–Trinajstić information content (AvgIpc) is 3.26. The van der Waals surface area contributed by atoms with Crippen molar-refractivity contribution in [3.8, 4) is 11.5 Å². The van der Waals surface area contributed by atoms with Crippen LogP contribution in [0.1, 0.15) is 34.6 Å². The first-order valence-electron chi connectivity index (χ1n) is 6.77. The van der Waals surface area contributed by atoms with Crippen molar-refractivity contribution in [1.29, 1.82) is 0 Å². The normalized spacial score (nSPS) is 15.1. The summed E-state index contributed by atoms with van der Waals surface area (Å²) < 4.78 is 15.5. The van der Waals surface area contributed by atoms with Gasteiger partial charge in [-0.05, 0) is 12.1 Å². The Bertz CT molecular complexity index is 359. The molecule has 1 aromatic rings. The molecule has 0 spiro atoms. The second-order valence-corrected chi connectivity index (χ2v) is 3.31. The van der Waals surface area contributed by atoms with Gasteiger partial charge in [0, 0.05) is 6.92 Å². The molecule has 0 aliphatic carbocycles. The molecular formula is C15H24O4. The van der Waals surface area contributed by atoms with Gasteiger partial charge >= 0.3 is 5.97 Å². The standard InChI is InChI=1S/C11H12O4.2C2H6/c1-8(12)15-11-5-3-2-4-10(11)14-7-9-6-13-9;2*1-2/h2-5,9H,6-7H2,1H3;2*1-2H3. The molecule has 0 saturated carbocycles. The molecule has 19 heavy (non-hydrogen) atoms. The number of carbonyl (C=O) groups is 1. The van der Waals surface area contributed by atoms with Crippen molar-refractivity contribution in [2.45, 2.75) is 40.7 Å². The maximum absolute atomic E-state index is 10.8. The minimum atomic E-state index is -0.353. The van der Waals surface area contributed by atoms with Gasteiger partial charge in [0.05, 0.1) is 6.61 Å². The SMILES string of the molecule is CC.CC.CC(=O)Oc1ccccc1OCC1CO1. The lowest BCUT2D eigenvalue weighted by Crippen LogP contribution is -2.07. The summed E-state index contributed by atoms with van der Waals surface area (Å²) in [6, 6.07) is 7.08. The summed E-state index contributed by atoms with van der Waals surface area (Å²) in [5, 5.41) is 0. The predicted molar refractivity (Wildman–Crippen MR) is 75.7 cm³/mol. The lowest BCUT2D eigenvalue weighted by Gasteiger charge is -2.09. The zero-order valence-corrected chi connectivity index (χ0v) is 12.4. The smallest absolute Gasteiger partial charge is 0.308 e. The number of hydrogen-bond acceptors (Lipinski definition) is 4. The Hall–Kier alpha value is -1.55. The van der Waals surface area contributed by atoms with E-state index < -0.39 is 0 Å². The molecule has 1 atom stereocenters. The van der Waals surface area contributed by atoms with E-state index in [4.69, 9.17) is 14.2 Å². The van der Waals surface area contributed by atoms with Gasteiger partial charge in [0.15, 0.2) is 11.5 Å². The Balaban J connectivity index is 0.000000741. The van der Waals surface area contributed by atoms with Crippen LogP contribution in [-0.2, 0) is 9.53 Å². The number of epoxide rings is 1. The first-order chi connectivity index (χ1) is 9.25. The van der Waals surface area contributed by atoms with E-state index in [9.17, 15) is 4.79 Å². The summed E-state index contributed by atoms with van der Waals surface area (Å²) in [7, 11) is 0. The van der Waals surface area contributed by atoms with Crippen molar-refractivity contribution in [3.05, 3.63) is 24.3 Å². The second-order valence-electron chi connectivity index (χ2n) is 3.31. The fourth-order valence-corrected chi connectivity index (χ4v) is 1.16. The van der Waals surface area contributed by atoms with Crippen molar-refractivity contribution in [1.82, 2.24) is 0 Å². The monoisotopic (exact) mass is 268 g/mol. The second kappa shape index (κ2) is 10.4. The van der Waals surface area contributed by atoms with Crippen LogP contribution in [0.25, 0.3) is 0 Å². The highest BCUT2D eigenvalue weighted by Crippen LogP contribution is 2.27. The Kier molecular flexibility index (Phi) is 9.53. The molecular weight excluding hydrogens is 244 g/mol.